The van der Waals surface area contributed by atoms with Crippen molar-refractivity contribution in [3.8, 4) is 5.75 Å². The molecule has 6 rings (SSSR count). The number of nitrogens with one attached hydrogen (secondary N) is 1. The maximum absolute atomic E-state index is 5.92. The summed E-state index contributed by atoms with van der Waals surface area (Å²) in [6, 6.07) is 24.5. The number of nitrogens with zero attached hydrogens (tertiary/aromatic N) is 1. The van der Waals surface area contributed by atoms with Gasteiger partial charge < -0.3 is 19.9 Å². The SMILES string of the molecule is C(=Cc1nc2c(ccc3ccccc32)o1)C=C1Nc2c(ccc3ccccc23)O1.O. The smallest absolute Gasteiger partial charge is 0.220 e. The van der Waals surface area contributed by atoms with Gasteiger partial charge in [0.2, 0.25) is 5.89 Å². The standard InChI is InChI=1S/C25H16N2O2.H2O/c1-3-8-18-16(6-1)12-14-20-24(18)26-22(28-20)10-5-11-23-27-25-19-9-4-2-7-17(19)13-15-21(25)29-23;/h1-15,26H;1H2. The normalized spacial score (nSPS) is 14.2. The van der Waals surface area contributed by atoms with E-state index in [4.69, 9.17) is 9.15 Å². The van der Waals surface area contributed by atoms with E-state index in [0.717, 1.165) is 38.7 Å². The highest BCUT2D eigenvalue weighted by molar-refractivity contribution is 6.03. The number of hydrogen-bond acceptors (Lipinski definition) is 4. The van der Waals surface area contributed by atoms with Crippen molar-refractivity contribution in [2.45, 2.75) is 0 Å². The van der Waals surface area contributed by atoms with Crippen molar-refractivity contribution in [3.63, 3.8) is 0 Å². The molecule has 146 valence electrons. The van der Waals surface area contributed by atoms with Crippen LogP contribution in [0.2, 0.25) is 0 Å². The Morgan fingerprint density at radius 2 is 1.53 bits per heavy atom. The van der Waals surface area contributed by atoms with E-state index in [9.17, 15) is 0 Å². The topological polar surface area (TPSA) is 78.8 Å². The molecule has 5 aromatic rings. The van der Waals surface area contributed by atoms with Gasteiger partial charge in [0.25, 0.3) is 0 Å². The molecule has 0 atom stereocenters. The lowest BCUT2D eigenvalue weighted by atomic mass is 10.1. The van der Waals surface area contributed by atoms with Crippen molar-refractivity contribution in [2.24, 2.45) is 0 Å². The van der Waals surface area contributed by atoms with Crippen LogP contribution in [0.15, 0.2) is 95.2 Å². The van der Waals surface area contributed by atoms with Gasteiger partial charge in [-0.15, -0.1) is 0 Å². The van der Waals surface area contributed by atoms with Gasteiger partial charge in [0, 0.05) is 16.8 Å². The highest BCUT2D eigenvalue weighted by atomic mass is 16.5. The molecule has 0 saturated heterocycles. The van der Waals surface area contributed by atoms with Crippen LogP contribution >= 0.6 is 0 Å². The van der Waals surface area contributed by atoms with Crippen molar-refractivity contribution in [1.82, 2.24) is 4.98 Å². The van der Waals surface area contributed by atoms with Gasteiger partial charge in [-0.2, -0.15) is 0 Å². The van der Waals surface area contributed by atoms with Crippen molar-refractivity contribution < 1.29 is 14.6 Å². The lowest BCUT2D eigenvalue weighted by molar-refractivity contribution is 0.457. The van der Waals surface area contributed by atoms with Crippen LogP contribution in [0.5, 0.6) is 5.75 Å². The van der Waals surface area contributed by atoms with Gasteiger partial charge in [-0.3, -0.25) is 0 Å². The summed E-state index contributed by atoms with van der Waals surface area (Å²) in [6.07, 6.45) is 5.60. The highest BCUT2D eigenvalue weighted by Gasteiger charge is 2.18. The zero-order chi connectivity index (χ0) is 19.2. The largest absolute Gasteiger partial charge is 0.439 e. The second-order valence-corrected chi connectivity index (χ2v) is 6.96. The molecule has 0 unspecified atom stereocenters. The fraction of sp³-hybridized carbons (Fsp3) is 0. The van der Waals surface area contributed by atoms with E-state index in [-0.39, 0.29) is 5.48 Å². The van der Waals surface area contributed by atoms with Gasteiger partial charge in [0.15, 0.2) is 17.2 Å². The molecule has 0 fully saturated rings. The minimum Gasteiger partial charge on any atom is -0.439 e. The molecule has 0 radical (unpaired) electrons. The Kier molecular flexibility index (Phi) is 4.23. The molecule has 0 spiro atoms. The number of anilines is 1. The zero-order valence-corrected chi connectivity index (χ0v) is 15.9. The van der Waals surface area contributed by atoms with E-state index < -0.39 is 0 Å². The number of rotatable bonds is 2. The summed E-state index contributed by atoms with van der Waals surface area (Å²) in [5, 5.41) is 7.92. The van der Waals surface area contributed by atoms with E-state index in [2.05, 4.69) is 46.7 Å². The van der Waals surface area contributed by atoms with Gasteiger partial charge in [0.1, 0.15) is 5.52 Å². The van der Waals surface area contributed by atoms with Crippen LogP contribution in [0.3, 0.4) is 0 Å². The number of ether oxygens (including phenoxy) is 1. The summed E-state index contributed by atoms with van der Waals surface area (Å²) in [4.78, 5) is 4.64. The molecule has 0 bridgehead atoms. The second-order valence-electron chi connectivity index (χ2n) is 6.96. The Morgan fingerprint density at radius 1 is 0.800 bits per heavy atom. The molecule has 30 heavy (non-hydrogen) atoms. The highest BCUT2D eigenvalue weighted by Crippen LogP contribution is 2.39. The van der Waals surface area contributed by atoms with Gasteiger partial charge in [-0.25, -0.2) is 4.98 Å². The lowest BCUT2D eigenvalue weighted by Crippen LogP contribution is -1.95. The van der Waals surface area contributed by atoms with Crippen LogP contribution in [0.25, 0.3) is 38.7 Å². The molecule has 1 aliphatic heterocycles. The first kappa shape index (κ1) is 18.0. The van der Waals surface area contributed by atoms with Crippen LogP contribution in [-0.2, 0) is 0 Å². The monoisotopic (exact) mass is 394 g/mol. The molecule has 5 heteroatoms. The third-order valence-corrected chi connectivity index (χ3v) is 5.15. The Labute approximate surface area is 172 Å². The molecule has 0 saturated carbocycles. The Morgan fingerprint density at radius 3 is 2.40 bits per heavy atom. The van der Waals surface area contributed by atoms with Crippen LogP contribution < -0.4 is 10.1 Å². The fourth-order valence-electron chi connectivity index (χ4n) is 3.78. The predicted octanol–water partition coefficient (Wildman–Crippen LogP) is 5.67. The average molecular weight is 394 g/mol. The van der Waals surface area contributed by atoms with Crippen molar-refractivity contribution >= 4 is 44.4 Å². The predicted molar refractivity (Wildman–Crippen MR) is 120 cm³/mol. The van der Waals surface area contributed by atoms with Crippen molar-refractivity contribution in [3.05, 3.63) is 96.7 Å². The Hall–Kier alpha value is -4.09. The first-order valence-electron chi connectivity index (χ1n) is 9.48. The molecular formula is C25H18N2O3. The van der Waals surface area contributed by atoms with Crippen LogP contribution in [0.1, 0.15) is 5.89 Å². The molecule has 1 aromatic heterocycles. The number of hydrogen-bond donors (Lipinski definition) is 1. The third-order valence-electron chi connectivity index (χ3n) is 5.15. The van der Waals surface area contributed by atoms with E-state index in [1.54, 1.807) is 0 Å². The number of benzene rings is 4. The van der Waals surface area contributed by atoms with Gasteiger partial charge in [-0.05, 0) is 29.0 Å². The van der Waals surface area contributed by atoms with Crippen LogP contribution in [0, 0.1) is 0 Å². The maximum atomic E-state index is 5.92. The summed E-state index contributed by atoms with van der Waals surface area (Å²) in [7, 11) is 0. The lowest BCUT2D eigenvalue weighted by Gasteiger charge is -2.01. The molecule has 0 aliphatic carbocycles. The quantitative estimate of drug-likeness (QED) is 0.418. The summed E-state index contributed by atoms with van der Waals surface area (Å²) in [5.74, 6) is 2.07. The number of oxazole rings is 1. The summed E-state index contributed by atoms with van der Waals surface area (Å²) >= 11 is 0. The van der Waals surface area contributed by atoms with Crippen LogP contribution in [-0.4, -0.2) is 10.5 Å². The van der Waals surface area contributed by atoms with Gasteiger partial charge in [-0.1, -0.05) is 66.7 Å². The summed E-state index contributed by atoms with van der Waals surface area (Å²) < 4.78 is 11.8. The fourth-order valence-corrected chi connectivity index (χ4v) is 3.78. The molecule has 0 amide bonds. The molecule has 5 nitrogen and oxygen atoms in total. The molecular weight excluding hydrogens is 376 g/mol. The van der Waals surface area contributed by atoms with Crippen molar-refractivity contribution in [2.75, 3.05) is 5.32 Å². The van der Waals surface area contributed by atoms with E-state index >= 15 is 0 Å². The first-order valence-corrected chi connectivity index (χ1v) is 9.48. The molecule has 1 aliphatic rings. The maximum Gasteiger partial charge on any atom is 0.220 e. The first-order chi connectivity index (χ1) is 14.3. The summed E-state index contributed by atoms with van der Waals surface area (Å²) in [6.45, 7) is 0. The summed E-state index contributed by atoms with van der Waals surface area (Å²) in [5.41, 5.74) is 2.66. The van der Waals surface area contributed by atoms with Gasteiger partial charge in [0.05, 0.1) is 5.69 Å². The third kappa shape index (κ3) is 2.89. The second kappa shape index (κ2) is 7.06. The van der Waals surface area contributed by atoms with Crippen LogP contribution in [0.4, 0.5) is 5.69 Å². The Balaban J connectivity index is 0.00000193. The zero-order valence-electron chi connectivity index (χ0n) is 15.9. The van der Waals surface area contributed by atoms with Gasteiger partial charge >= 0.3 is 0 Å². The molecule has 3 N–H and O–H groups in total. The van der Waals surface area contributed by atoms with E-state index in [1.807, 2.05) is 54.6 Å². The van der Waals surface area contributed by atoms with Crippen molar-refractivity contribution in [1.29, 1.82) is 0 Å². The molecule has 2 heterocycles. The number of aromatic nitrogens is 1. The number of fused-ring (bicyclic) bond motifs is 6. The average Bonchev–Trinajstić information content (AvgIpc) is 3.37. The minimum absolute atomic E-state index is 0. The molecule has 4 aromatic carbocycles. The minimum atomic E-state index is 0. The Bertz CT molecular complexity index is 1460. The van der Waals surface area contributed by atoms with E-state index in [1.165, 1.54) is 5.39 Å². The number of allylic oxidation sites excluding steroid dienone is 2. The van der Waals surface area contributed by atoms with E-state index in [0.29, 0.717) is 11.8 Å².